The van der Waals surface area contributed by atoms with Crippen LogP contribution in [-0.4, -0.2) is 137 Å². The van der Waals surface area contributed by atoms with Gasteiger partial charge >= 0.3 is 83.2 Å². The van der Waals surface area contributed by atoms with Crippen LogP contribution >= 0.6 is 0 Å². The van der Waals surface area contributed by atoms with Gasteiger partial charge in [0.1, 0.15) is 56.4 Å². The summed E-state index contributed by atoms with van der Waals surface area (Å²) in [5.74, 6) is -5.27. The molecule has 2 aliphatic rings. The molecule has 0 unspecified atom stereocenters. The molecule has 0 radical (unpaired) electrons. The number of carbonyl (C=O) groups is 6. The van der Waals surface area contributed by atoms with E-state index in [1.165, 1.54) is 87.0 Å². The minimum atomic E-state index is -5.39. The molecular weight excluding hydrogens is 1210 g/mol. The SMILES string of the molecule is COCCOC(=O)Nc1ccc(Nc2ccc3c(c2)C=C(S(=O)(=O)[O-])/C(=N/Nc2ccc(-c4ccc(N/N=C5\C(=O)c6ccc(Nc7ccc(NC(=O)OCCOC)cc7)cc6C=C5S(=O)(=O)[O-])c(OCC(=O)O)c4)cc2OCC(=O)O)C3=O)cc1.[Na+].[Na+]. The van der Waals surface area contributed by atoms with Gasteiger partial charge in [0.05, 0.1) is 34.4 Å². The van der Waals surface area contributed by atoms with Crippen molar-refractivity contribution in [1.82, 2.24) is 0 Å². The molecule has 0 aromatic heterocycles. The second-order valence-corrected chi connectivity index (χ2v) is 20.7. The molecule has 88 heavy (non-hydrogen) atoms. The van der Waals surface area contributed by atoms with E-state index in [2.05, 4.69) is 42.3 Å². The number of rotatable bonds is 25. The Labute approximate surface area is 545 Å². The van der Waals surface area contributed by atoms with Crippen LogP contribution in [0.2, 0.25) is 0 Å². The summed E-state index contributed by atoms with van der Waals surface area (Å²) in [7, 11) is -7.86. The molecule has 0 saturated heterocycles. The molecule has 6 aromatic carbocycles. The topological polar surface area (TPSA) is 410 Å². The number of carboxylic acid groups (broad SMARTS) is 2. The Hall–Kier alpha value is -8.50. The maximum absolute atomic E-state index is 13.9. The monoisotopic (exact) mass is 1260 g/mol. The van der Waals surface area contributed by atoms with E-state index in [4.69, 9.17) is 28.4 Å². The molecule has 0 saturated carbocycles. The Morgan fingerprint density at radius 2 is 0.841 bits per heavy atom. The summed E-state index contributed by atoms with van der Waals surface area (Å²) in [5, 5.41) is 38.3. The summed E-state index contributed by atoms with van der Waals surface area (Å²) in [5.41, 5.74) is 6.21. The Bertz CT molecular complexity index is 3780. The van der Waals surface area contributed by atoms with Crippen LogP contribution in [0.25, 0.3) is 23.3 Å². The normalized spacial score (nSPS) is 13.4. The molecule has 0 bridgehead atoms. The molecule has 8 N–H and O–H groups in total. The van der Waals surface area contributed by atoms with E-state index >= 15 is 0 Å². The number of hydrogen-bond donors (Lipinski definition) is 8. The number of amides is 2. The standard InChI is InChI=1S/C56H50N8O20S2.2Na/c1-79-19-21-81-55(71)59-37-9-5-35(6-10-37)57-39-13-15-41-33(23-39)27-47(85(73,74)75)51(53(41)69)63-61-43-17-3-31(25-45(43)83-29-49(65)66)32-4-18-44(46(26-32)84-30-50(67)68)62-64-52-48(86(76,77)78)28-34-24-40(14-16-42(34)54(52)70)58-36-7-11-38(12-8-36)60-56(72)82-22-20-80-2;;/h3-18,23-28,57-58,61-62H,19-22,29-30H2,1-2H3,(H,59,71)(H,60,72)(H,65,66)(H,67,68)(H,73,74,75)(H,76,77,78);;/q;2*+1/p-2/b63-51-,64-52-;;. The predicted octanol–water partition coefficient (Wildman–Crippen LogP) is 1.27. The van der Waals surface area contributed by atoms with E-state index in [0.717, 1.165) is 12.2 Å². The molecule has 0 atom stereocenters. The zero-order valence-corrected chi connectivity index (χ0v) is 52.5. The summed E-state index contributed by atoms with van der Waals surface area (Å²) in [6.45, 7) is -1.34. The zero-order chi connectivity index (χ0) is 61.7. The molecule has 28 nitrogen and oxygen atoms in total. The maximum atomic E-state index is 13.9. The van der Waals surface area contributed by atoms with Crippen LogP contribution in [0.3, 0.4) is 0 Å². The van der Waals surface area contributed by atoms with E-state index in [1.54, 1.807) is 48.5 Å². The third-order valence-corrected chi connectivity index (χ3v) is 13.8. The largest absolute Gasteiger partial charge is 1.00 e. The van der Waals surface area contributed by atoms with Crippen molar-refractivity contribution < 1.29 is 152 Å². The van der Waals surface area contributed by atoms with Gasteiger partial charge in [-0.05, 0) is 144 Å². The number of methoxy groups -OCH3 is 2. The Kier molecular flexibility index (Phi) is 24.1. The summed E-state index contributed by atoms with van der Waals surface area (Å²) < 4.78 is 107. The third-order valence-electron chi connectivity index (χ3n) is 12.1. The van der Waals surface area contributed by atoms with Crippen LogP contribution in [0.5, 0.6) is 11.5 Å². The molecular formula is C56H48N8Na2O20S2. The maximum Gasteiger partial charge on any atom is 1.00 e. The summed E-state index contributed by atoms with van der Waals surface area (Å²) >= 11 is 0. The van der Waals surface area contributed by atoms with E-state index in [9.17, 15) is 64.9 Å². The van der Waals surface area contributed by atoms with Crippen LogP contribution in [0.15, 0.2) is 141 Å². The molecule has 6 aromatic rings. The number of fused-ring (bicyclic) bond motifs is 2. The van der Waals surface area contributed by atoms with Crippen LogP contribution < -0.4 is 101 Å². The van der Waals surface area contributed by atoms with Crippen molar-refractivity contribution >= 4 is 125 Å². The van der Waals surface area contributed by atoms with Crippen molar-refractivity contribution in [3.8, 4) is 22.6 Å². The van der Waals surface area contributed by atoms with Crippen LogP contribution in [0.4, 0.5) is 55.1 Å². The minimum absolute atomic E-state index is 0. The van der Waals surface area contributed by atoms with Gasteiger partial charge in [-0.15, -0.1) is 0 Å². The van der Waals surface area contributed by atoms with Gasteiger partial charge in [-0.3, -0.25) is 31.1 Å². The molecule has 0 heterocycles. The van der Waals surface area contributed by atoms with Gasteiger partial charge in [0.25, 0.3) is 0 Å². The number of ketones is 2. The van der Waals surface area contributed by atoms with Crippen molar-refractivity contribution in [2.45, 2.75) is 0 Å². The molecule has 2 amide bonds. The zero-order valence-electron chi connectivity index (χ0n) is 46.9. The number of nitrogens with zero attached hydrogens (tertiary/aromatic N) is 2. The number of hydrogen-bond acceptors (Lipinski definition) is 24. The molecule has 32 heteroatoms. The second-order valence-electron chi connectivity index (χ2n) is 18.0. The van der Waals surface area contributed by atoms with Gasteiger partial charge < -0.3 is 58.4 Å². The molecule has 0 aliphatic heterocycles. The first-order chi connectivity index (χ1) is 41.1. The Morgan fingerprint density at radius 3 is 1.18 bits per heavy atom. The van der Waals surface area contributed by atoms with Crippen LogP contribution in [-0.2, 0) is 48.8 Å². The van der Waals surface area contributed by atoms with E-state index in [0.29, 0.717) is 34.1 Å². The molecule has 8 rings (SSSR count). The van der Waals surface area contributed by atoms with Gasteiger partial charge in [-0.25, -0.2) is 36.0 Å². The van der Waals surface area contributed by atoms with E-state index in [1.807, 2.05) is 0 Å². The molecule has 2 aliphatic carbocycles. The number of carbonyl (C=O) groups excluding carboxylic acids is 4. The summed E-state index contributed by atoms with van der Waals surface area (Å²) in [6.07, 6.45) is 0.541. The van der Waals surface area contributed by atoms with Gasteiger partial charge in [0.2, 0.25) is 11.6 Å². The number of ether oxygens (including phenoxy) is 6. The molecule has 0 spiro atoms. The molecule has 0 fully saturated rings. The van der Waals surface area contributed by atoms with Crippen molar-refractivity contribution in [3.05, 3.63) is 153 Å². The average Bonchev–Trinajstić information content (AvgIpc) is 0.882. The molecule has 446 valence electrons. The first-order valence-electron chi connectivity index (χ1n) is 25.0. The number of benzene rings is 6. The fraction of sp³-hybridized carbons (Fsp3) is 0.143. The van der Waals surface area contributed by atoms with Crippen molar-refractivity contribution in [2.75, 3.05) is 86.0 Å². The first-order valence-corrected chi connectivity index (χ1v) is 27.9. The van der Waals surface area contributed by atoms with Gasteiger partial charge in [-0.1, -0.05) is 12.1 Å². The van der Waals surface area contributed by atoms with Gasteiger partial charge in [-0.2, -0.15) is 10.2 Å². The Balaban J connectivity index is 0.00000618. The third kappa shape index (κ3) is 18.3. The average molecular weight is 1260 g/mol. The van der Waals surface area contributed by atoms with Gasteiger partial charge in [0.15, 0.2) is 13.2 Å². The number of nitrogens with one attached hydrogen (secondary N) is 6. The number of carboxylic acids is 2. The van der Waals surface area contributed by atoms with Crippen LogP contribution in [0.1, 0.15) is 31.8 Å². The summed E-state index contributed by atoms with van der Waals surface area (Å²) in [6, 6.07) is 29.4. The first kappa shape index (κ1) is 68.6. The van der Waals surface area contributed by atoms with E-state index < -0.39 is 90.4 Å². The quantitative estimate of drug-likeness (QED) is 0.0173. The number of aliphatic carboxylic acids is 2. The summed E-state index contributed by atoms with van der Waals surface area (Å²) in [4.78, 5) is 73.3. The van der Waals surface area contributed by atoms with E-state index in [-0.39, 0.29) is 142 Å². The number of Topliss-reactive ketones (excluding diaryl/α,β-unsaturated/α-hetero) is 2. The van der Waals surface area contributed by atoms with Crippen molar-refractivity contribution in [2.24, 2.45) is 10.2 Å². The Morgan fingerprint density at radius 1 is 0.489 bits per heavy atom. The van der Waals surface area contributed by atoms with Crippen molar-refractivity contribution in [3.63, 3.8) is 0 Å². The smallest absolute Gasteiger partial charge is 0.744 e. The fourth-order valence-corrected chi connectivity index (χ4v) is 9.41. The second kappa shape index (κ2) is 30.9. The van der Waals surface area contributed by atoms with Gasteiger partial charge in [0, 0.05) is 59.5 Å². The van der Waals surface area contributed by atoms with Crippen molar-refractivity contribution in [1.29, 1.82) is 0 Å². The fourth-order valence-electron chi connectivity index (χ4n) is 8.11. The van der Waals surface area contributed by atoms with Crippen LogP contribution in [0, 0.1) is 0 Å². The predicted molar refractivity (Wildman–Crippen MR) is 310 cm³/mol. The number of allylic oxidation sites excluding steroid dienone is 2. The number of anilines is 8. The number of hydrazone groups is 2. The minimum Gasteiger partial charge on any atom is -0.744 e.